The fourth-order valence-corrected chi connectivity index (χ4v) is 2.59. The number of piperidine rings is 1. The highest BCUT2D eigenvalue weighted by atomic mass is 16.1. The molecule has 1 aliphatic heterocycles. The summed E-state index contributed by atoms with van der Waals surface area (Å²) in [7, 11) is 0. The van der Waals surface area contributed by atoms with E-state index in [0.29, 0.717) is 12.3 Å². The molecule has 1 saturated heterocycles. The summed E-state index contributed by atoms with van der Waals surface area (Å²) in [5.74, 6) is 0.558. The Kier molecular flexibility index (Phi) is 3.46. The monoisotopic (exact) mass is 258 g/mol. The average Bonchev–Trinajstić information content (AvgIpc) is 2.87. The molecule has 3 N–H and O–H groups in total. The minimum Gasteiger partial charge on any atom is -0.326 e. The Morgan fingerprint density at radius 2 is 2.42 bits per heavy atom. The summed E-state index contributed by atoms with van der Waals surface area (Å²) in [6.07, 6.45) is 4.66. The summed E-state index contributed by atoms with van der Waals surface area (Å²) in [5.41, 5.74) is 1.82. The van der Waals surface area contributed by atoms with Crippen LogP contribution in [-0.4, -0.2) is 29.2 Å². The van der Waals surface area contributed by atoms with E-state index in [1.165, 1.54) is 6.42 Å². The van der Waals surface area contributed by atoms with Crippen LogP contribution in [0.1, 0.15) is 19.3 Å². The van der Waals surface area contributed by atoms with Crippen LogP contribution in [0.25, 0.3) is 10.9 Å². The van der Waals surface area contributed by atoms with Crippen LogP contribution in [-0.2, 0) is 4.79 Å². The fraction of sp³-hybridized carbons (Fsp3) is 0.429. The molecule has 0 spiro atoms. The van der Waals surface area contributed by atoms with E-state index in [2.05, 4.69) is 20.8 Å². The van der Waals surface area contributed by atoms with Crippen molar-refractivity contribution in [2.45, 2.75) is 19.3 Å². The molecule has 1 amide bonds. The summed E-state index contributed by atoms with van der Waals surface area (Å²) >= 11 is 0. The van der Waals surface area contributed by atoms with Gasteiger partial charge in [-0.1, -0.05) is 0 Å². The zero-order chi connectivity index (χ0) is 13.1. The molecule has 19 heavy (non-hydrogen) atoms. The number of rotatable bonds is 3. The number of carbonyl (C=O) groups is 1. The molecule has 1 aromatic carbocycles. The number of carbonyl (C=O) groups excluding carboxylic acids is 1. The third kappa shape index (κ3) is 2.93. The molecule has 2 heterocycles. The predicted octanol–water partition coefficient (Wildman–Crippen LogP) is 1.89. The number of benzene rings is 1. The number of nitrogens with zero attached hydrogens (tertiary/aromatic N) is 1. The number of hydrogen-bond donors (Lipinski definition) is 3. The van der Waals surface area contributed by atoms with Gasteiger partial charge < -0.3 is 10.6 Å². The van der Waals surface area contributed by atoms with Crippen molar-refractivity contribution in [3.63, 3.8) is 0 Å². The molecular weight excluding hydrogens is 240 g/mol. The number of fused-ring (bicyclic) bond motifs is 1. The van der Waals surface area contributed by atoms with Crippen molar-refractivity contribution < 1.29 is 4.79 Å². The van der Waals surface area contributed by atoms with E-state index < -0.39 is 0 Å². The molecule has 5 heteroatoms. The fourth-order valence-electron chi connectivity index (χ4n) is 2.59. The number of aromatic amines is 1. The minimum atomic E-state index is 0.0940. The summed E-state index contributed by atoms with van der Waals surface area (Å²) in [4.78, 5) is 12.0. The normalized spacial score (nSPS) is 19.5. The summed E-state index contributed by atoms with van der Waals surface area (Å²) in [6, 6.07) is 5.77. The number of anilines is 1. The van der Waals surface area contributed by atoms with Gasteiger partial charge in [-0.15, -0.1) is 0 Å². The largest absolute Gasteiger partial charge is 0.326 e. The van der Waals surface area contributed by atoms with E-state index in [1.54, 1.807) is 6.20 Å². The first-order chi connectivity index (χ1) is 9.31. The Hall–Kier alpha value is -1.88. The maximum absolute atomic E-state index is 12.0. The van der Waals surface area contributed by atoms with Gasteiger partial charge >= 0.3 is 0 Å². The van der Waals surface area contributed by atoms with Crippen molar-refractivity contribution in [2.24, 2.45) is 5.92 Å². The molecule has 1 aromatic heterocycles. The number of nitrogens with one attached hydrogen (secondary N) is 3. The standard InChI is InChI=1S/C14H18N4O/c19-14(6-10-2-1-5-15-8-10)17-12-3-4-13-11(7-12)9-16-18-13/h3-4,7,9-10,15H,1-2,5-6,8H2,(H,16,18)(H,17,19). The minimum absolute atomic E-state index is 0.0940. The first kappa shape index (κ1) is 12.2. The number of hydrogen-bond acceptors (Lipinski definition) is 3. The summed E-state index contributed by atoms with van der Waals surface area (Å²) in [6.45, 7) is 2.03. The van der Waals surface area contributed by atoms with Gasteiger partial charge in [0.1, 0.15) is 0 Å². The zero-order valence-corrected chi connectivity index (χ0v) is 10.8. The van der Waals surface area contributed by atoms with Crippen LogP contribution >= 0.6 is 0 Å². The van der Waals surface area contributed by atoms with E-state index in [-0.39, 0.29) is 5.91 Å². The Bertz CT molecular complexity index is 572. The molecule has 0 bridgehead atoms. The van der Waals surface area contributed by atoms with Gasteiger partial charge in [0.2, 0.25) is 5.91 Å². The molecule has 0 radical (unpaired) electrons. The summed E-state index contributed by atoms with van der Waals surface area (Å²) < 4.78 is 0. The van der Waals surface area contributed by atoms with Gasteiger partial charge in [0.15, 0.2) is 0 Å². The molecule has 1 fully saturated rings. The first-order valence-corrected chi connectivity index (χ1v) is 6.75. The van der Waals surface area contributed by atoms with Gasteiger partial charge in [0, 0.05) is 17.5 Å². The lowest BCUT2D eigenvalue weighted by Crippen LogP contribution is -2.32. The maximum Gasteiger partial charge on any atom is 0.224 e. The van der Waals surface area contributed by atoms with Crippen LogP contribution in [0.5, 0.6) is 0 Å². The first-order valence-electron chi connectivity index (χ1n) is 6.75. The molecule has 2 aromatic rings. The zero-order valence-electron chi connectivity index (χ0n) is 10.8. The Balaban J connectivity index is 1.61. The third-order valence-corrected chi connectivity index (χ3v) is 3.60. The Morgan fingerprint density at radius 1 is 1.47 bits per heavy atom. The molecule has 100 valence electrons. The van der Waals surface area contributed by atoms with Crippen LogP contribution < -0.4 is 10.6 Å². The number of amides is 1. The van der Waals surface area contributed by atoms with Crippen molar-refractivity contribution in [3.8, 4) is 0 Å². The van der Waals surface area contributed by atoms with Crippen LogP contribution in [0.15, 0.2) is 24.4 Å². The highest BCUT2D eigenvalue weighted by molar-refractivity contribution is 5.93. The van der Waals surface area contributed by atoms with E-state index in [9.17, 15) is 4.79 Å². The predicted molar refractivity (Wildman–Crippen MR) is 74.9 cm³/mol. The van der Waals surface area contributed by atoms with Crippen molar-refractivity contribution in [1.29, 1.82) is 0 Å². The molecule has 0 saturated carbocycles. The lowest BCUT2D eigenvalue weighted by atomic mass is 9.96. The van der Waals surface area contributed by atoms with Crippen LogP contribution in [0.3, 0.4) is 0 Å². The third-order valence-electron chi connectivity index (χ3n) is 3.60. The van der Waals surface area contributed by atoms with Crippen LogP contribution in [0.2, 0.25) is 0 Å². The van der Waals surface area contributed by atoms with Gasteiger partial charge in [-0.2, -0.15) is 5.10 Å². The Labute approximate surface area is 111 Å². The van der Waals surface area contributed by atoms with Gasteiger partial charge in [0.05, 0.1) is 11.7 Å². The smallest absolute Gasteiger partial charge is 0.224 e. The number of aromatic nitrogens is 2. The van der Waals surface area contributed by atoms with Crippen molar-refractivity contribution in [1.82, 2.24) is 15.5 Å². The molecule has 1 atom stereocenters. The highest BCUT2D eigenvalue weighted by Crippen LogP contribution is 2.19. The van der Waals surface area contributed by atoms with Crippen molar-refractivity contribution >= 4 is 22.5 Å². The van der Waals surface area contributed by atoms with Gasteiger partial charge in [-0.3, -0.25) is 9.89 Å². The molecule has 1 aliphatic rings. The van der Waals surface area contributed by atoms with E-state index in [0.717, 1.165) is 36.1 Å². The topological polar surface area (TPSA) is 69.8 Å². The lowest BCUT2D eigenvalue weighted by Gasteiger charge is -2.22. The molecular formula is C14H18N4O. The van der Waals surface area contributed by atoms with Gasteiger partial charge in [-0.05, 0) is 50.0 Å². The summed E-state index contributed by atoms with van der Waals surface area (Å²) in [5, 5.41) is 14.2. The molecule has 5 nitrogen and oxygen atoms in total. The maximum atomic E-state index is 12.0. The molecule has 0 aliphatic carbocycles. The average molecular weight is 258 g/mol. The van der Waals surface area contributed by atoms with Gasteiger partial charge in [-0.25, -0.2) is 0 Å². The van der Waals surface area contributed by atoms with Crippen molar-refractivity contribution in [3.05, 3.63) is 24.4 Å². The number of H-pyrrole nitrogens is 1. The van der Waals surface area contributed by atoms with E-state index >= 15 is 0 Å². The second-order valence-corrected chi connectivity index (χ2v) is 5.14. The van der Waals surface area contributed by atoms with E-state index in [1.807, 2.05) is 18.2 Å². The molecule has 3 rings (SSSR count). The second-order valence-electron chi connectivity index (χ2n) is 5.14. The lowest BCUT2D eigenvalue weighted by molar-refractivity contribution is -0.117. The SMILES string of the molecule is O=C(CC1CCCNC1)Nc1ccc2[nH]ncc2c1. The van der Waals surface area contributed by atoms with Gasteiger partial charge in [0.25, 0.3) is 0 Å². The molecule has 1 unspecified atom stereocenters. The van der Waals surface area contributed by atoms with Crippen LogP contribution in [0.4, 0.5) is 5.69 Å². The quantitative estimate of drug-likeness (QED) is 0.787. The van der Waals surface area contributed by atoms with E-state index in [4.69, 9.17) is 0 Å². The highest BCUT2D eigenvalue weighted by Gasteiger charge is 2.16. The Morgan fingerprint density at radius 3 is 3.26 bits per heavy atom. The second kappa shape index (κ2) is 5.40. The van der Waals surface area contributed by atoms with Crippen molar-refractivity contribution in [2.75, 3.05) is 18.4 Å². The van der Waals surface area contributed by atoms with Crippen LogP contribution in [0, 0.1) is 5.92 Å².